The number of rotatable bonds is 5. The van der Waals surface area contributed by atoms with Crippen molar-refractivity contribution in [2.45, 2.75) is 18.2 Å². The average Bonchev–Trinajstić information content (AvgIpc) is 3.59. The number of methoxy groups -OCH3 is 1. The Kier molecular flexibility index (Phi) is 7.20. The normalized spacial score (nSPS) is 17.5. The molecule has 1 saturated carbocycles. The van der Waals surface area contributed by atoms with Crippen molar-refractivity contribution < 1.29 is 9.53 Å². The van der Waals surface area contributed by atoms with Crippen LogP contribution in [0.15, 0.2) is 41.8 Å². The van der Waals surface area contributed by atoms with Crippen molar-refractivity contribution in [3.05, 3.63) is 52.9 Å². The van der Waals surface area contributed by atoms with Crippen LogP contribution >= 0.6 is 23.4 Å². The van der Waals surface area contributed by atoms with Crippen LogP contribution in [0.5, 0.6) is 5.75 Å². The van der Waals surface area contributed by atoms with Crippen molar-refractivity contribution in [3.8, 4) is 28.7 Å². The van der Waals surface area contributed by atoms with Crippen molar-refractivity contribution in [3.63, 3.8) is 0 Å². The molecule has 1 amide bonds. The molecule has 1 atom stereocenters. The number of thioether (sulfide) groups is 1. The molecule has 4 rings (SSSR count). The lowest BCUT2D eigenvalue weighted by atomic mass is 9.96. The van der Waals surface area contributed by atoms with Crippen molar-refractivity contribution >= 4 is 40.1 Å². The van der Waals surface area contributed by atoms with Crippen molar-refractivity contribution in [2.24, 2.45) is 16.8 Å². The molecule has 4 N–H and O–H groups in total. The Morgan fingerprint density at radius 2 is 2.12 bits per heavy atom. The number of hydrazone groups is 1. The number of nitrogens with zero attached hydrogens (tertiary/aromatic N) is 3. The van der Waals surface area contributed by atoms with Gasteiger partial charge in [0.1, 0.15) is 10.9 Å². The van der Waals surface area contributed by atoms with E-state index in [-0.39, 0.29) is 16.4 Å². The minimum absolute atomic E-state index is 0.122. The van der Waals surface area contributed by atoms with Crippen LogP contribution in [-0.4, -0.2) is 47.6 Å². The van der Waals surface area contributed by atoms with E-state index in [9.17, 15) is 4.79 Å². The molecule has 0 bridgehead atoms. The van der Waals surface area contributed by atoms with Crippen LogP contribution in [0.4, 0.5) is 0 Å². The van der Waals surface area contributed by atoms with Gasteiger partial charge in [-0.1, -0.05) is 29.5 Å². The molecule has 8 nitrogen and oxygen atoms in total. The molecular weight excluding hydrogens is 472 g/mol. The number of ether oxygens (including phenoxy) is 1. The van der Waals surface area contributed by atoms with Gasteiger partial charge in [-0.15, -0.1) is 0 Å². The van der Waals surface area contributed by atoms with E-state index in [2.05, 4.69) is 32.6 Å². The predicted molar refractivity (Wildman–Crippen MR) is 137 cm³/mol. The Morgan fingerprint density at radius 3 is 2.82 bits per heavy atom. The highest BCUT2D eigenvalue weighted by atomic mass is 35.5. The van der Waals surface area contributed by atoms with Crippen molar-refractivity contribution in [2.75, 3.05) is 21.2 Å². The van der Waals surface area contributed by atoms with Crippen LogP contribution in [0.1, 0.15) is 28.8 Å². The summed E-state index contributed by atoms with van der Waals surface area (Å²) in [5.74, 6) is 7.16. The lowest BCUT2D eigenvalue weighted by Gasteiger charge is -2.15. The molecule has 2 aliphatic rings. The Hall–Kier alpha value is -3.35. The Morgan fingerprint density at radius 1 is 1.32 bits per heavy atom. The summed E-state index contributed by atoms with van der Waals surface area (Å²) in [6.45, 7) is 0. The van der Waals surface area contributed by atoms with E-state index in [1.165, 1.54) is 25.1 Å². The van der Waals surface area contributed by atoms with E-state index >= 15 is 0 Å². The average molecular weight is 497 g/mol. The first kappa shape index (κ1) is 23.8. The number of amidine groups is 1. The van der Waals surface area contributed by atoms with Gasteiger partial charge in [0.15, 0.2) is 10.5 Å². The Labute approximate surface area is 208 Å². The SMILES string of the molecule is CN/C=C(\N)c1ccc(C(=O)NC2=NN(C)C(C#CC3CC3)S2)c(-c2cc(Cl)ncc2OC)c1. The fourth-order valence-corrected chi connectivity index (χ4v) is 4.36. The maximum Gasteiger partial charge on any atom is 0.257 e. The number of carbonyl (C=O) groups excluding carboxylic acids is 1. The second kappa shape index (κ2) is 10.3. The number of nitrogens with two attached hydrogens (primary N) is 1. The first-order chi connectivity index (χ1) is 16.4. The van der Waals surface area contributed by atoms with Crippen LogP contribution in [0.25, 0.3) is 16.8 Å². The zero-order valence-electron chi connectivity index (χ0n) is 19.1. The second-order valence-electron chi connectivity index (χ2n) is 7.82. The third kappa shape index (κ3) is 5.41. The highest BCUT2D eigenvalue weighted by Crippen LogP contribution is 2.35. The molecule has 1 unspecified atom stereocenters. The Balaban J connectivity index is 1.66. The highest BCUT2D eigenvalue weighted by Gasteiger charge is 2.27. The molecule has 0 radical (unpaired) electrons. The minimum Gasteiger partial charge on any atom is -0.494 e. The predicted octanol–water partition coefficient (Wildman–Crippen LogP) is 3.31. The first-order valence-electron chi connectivity index (χ1n) is 10.7. The number of halogens is 1. The van der Waals surface area contributed by atoms with Crippen LogP contribution in [-0.2, 0) is 0 Å². The molecule has 34 heavy (non-hydrogen) atoms. The summed E-state index contributed by atoms with van der Waals surface area (Å²) in [4.78, 5) is 17.5. The smallest absolute Gasteiger partial charge is 0.257 e. The number of nitrogens with one attached hydrogen (secondary N) is 2. The maximum atomic E-state index is 13.4. The first-order valence-corrected chi connectivity index (χ1v) is 11.9. The second-order valence-corrected chi connectivity index (χ2v) is 9.28. The quantitative estimate of drug-likeness (QED) is 0.431. The lowest BCUT2D eigenvalue weighted by molar-refractivity contribution is 0.0978. The van der Waals surface area contributed by atoms with Gasteiger partial charge < -0.3 is 15.8 Å². The molecule has 1 fully saturated rings. The third-order valence-electron chi connectivity index (χ3n) is 5.26. The number of pyridine rings is 1. The topological polar surface area (TPSA) is 105 Å². The number of hydrogen-bond acceptors (Lipinski definition) is 8. The van der Waals surface area contributed by atoms with E-state index in [1.54, 1.807) is 36.5 Å². The lowest BCUT2D eigenvalue weighted by Crippen LogP contribution is -2.28. The van der Waals surface area contributed by atoms with Gasteiger partial charge in [-0.25, -0.2) is 4.98 Å². The summed E-state index contributed by atoms with van der Waals surface area (Å²) in [7, 11) is 5.15. The van der Waals surface area contributed by atoms with Gasteiger partial charge >= 0.3 is 0 Å². The standard InChI is InChI=1S/C24H25ClN6O2S/c1-27-12-19(26)15-7-8-16(17(10-15)18-11-21(25)28-13-20(18)33-3)23(32)29-24-30-31(2)22(34-24)9-6-14-4-5-14/h7-8,10-14,22,27H,4-5,26H2,1-3H3,(H,29,30,32)/b19-12-. The molecule has 10 heteroatoms. The summed E-state index contributed by atoms with van der Waals surface area (Å²) in [5, 5.41) is 12.7. The van der Waals surface area contributed by atoms with Gasteiger partial charge in [-0.05, 0) is 53.9 Å². The number of aromatic nitrogens is 1. The molecule has 2 heterocycles. The summed E-state index contributed by atoms with van der Waals surface area (Å²) in [6, 6.07) is 6.99. The van der Waals surface area contributed by atoms with Crippen molar-refractivity contribution in [1.29, 1.82) is 0 Å². The third-order valence-corrected chi connectivity index (χ3v) is 6.52. The highest BCUT2D eigenvalue weighted by molar-refractivity contribution is 8.14. The molecule has 1 aliphatic carbocycles. The number of hydrogen-bond donors (Lipinski definition) is 3. The van der Waals surface area contributed by atoms with E-state index < -0.39 is 0 Å². The zero-order valence-corrected chi connectivity index (χ0v) is 20.6. The van der Waals surface area contributed by atoms with E-state index in [0.717, 1.165) is 18.4 Å². The van der Waals surface area contributed by atoms with E-state index in [4.69, 9.17) is 22.1 Å². The number of carbonyl (C=O) groups is 1. The molecule has 1 aliphatic heterocycles. The molecule has 2 aromatic rings. The minimum atomic E-state index is -0.317. The fraction of sp³-hybridized carbons (Fsp3) is 0.292. The van der Waals surface area contributed by atoms with Crippen LogP contribution in [0.3, 0.4) is 0 Å². The monoisotopic (exact) mass is 496 g/mol. The van der Waals surface area contributed by atoms with Gasteiger partial charge in [0.25, 0.3) is 5.91 Å². The molecule has 1 aromatic carbocycles. The Bertz CT molecular complexity index is 1230. The van der Waals surface area contributed by atoms with Gasteiger partial charge in [0.2, 0.25) is 0 Å². The van der Waals surface area contributed by atoms with Gasteiger partial charge in [-0.3, -0.25) is 15.1 Å². The number of amides is 1. The van der Waals surface area contributed by atoms with Crippen LogP contribution in [0, 0.1) is 17.8 Å². The zero-order chi connectivity index (χ0) is 24.2. The maximum absolute atomic E-state index is 13.4. The van der Waals surface area contributed by atoms with Crippen molar-refractivity contribution in [1.82, 2.24) is 20.6 Å². The summed E-state index contributed by atoms with van der Waals surface area (Å²) in [5.41, 5.74) is 9.08. The van der Waals surface area contributed by atoms with E-state index in [0.29, 0.717) is 39.2 Å². The fourth-order valence-electron chi connectivity index (χ4n) is 3.33. The summed E-state index contributed by atoms with van der Waals surface area (Å²) in [6.07, 6.45) is 5.52. The van der Waals surface area contributed by atoms with Crippen LogP contribution < -0.4 is 21.1 Å². The summed E-state index contributed by atoms with van der Waals surface area (Å²) >= 11 is 7.59. The largest absolute Gasteiger partial charge is 0.494 e. The molecular formula is C24H25ClN6O2S. The summed E-state index contributed by atoms with van der Waals surface area (Å²) < 4.78 is 5.49. The van der Waals surface area contributed by atoms with Gasteiger partial charge in [0.05, 0.1) is 19.0 Å². The number of benzene rings is 1. The van der Waals surface area contributed by atoms with Gasteiger partial charge in [0, 0.05) is 37.3 Å². The van der Waals surface area contributed by atoms with E-state index in [1.807, 2.05) is 13.1 Å². The van der Waals surface area contributed by atoms with Crippen LogP contribution in [0.2, 0.25) is 5.15 Å². The molecule has 0 spiro atoms. The molecule has 1 aromatic heterocycles. The molecule has 0 saturated heterocycles. The van der Waals surface area contributed by atoms with Gasteiger partial charge in [-0.2, -0.15) is 5.10 Å². The molecule has 176 valence electrons.